The van der Waals surface area contributed by atoms with E-state index in [-0.39, 0.29) is 23.2 Å². The van der Waals surface area contributed by atoms with Crippen molar-refractivity contribution in [1.82, 2.24) is 4.98 Å². The number of rotatable bonds is 3. The number of pyridine rings is 1. The van der Waals surface area contributed by atoms with E-state index in [0.29, 0.717) is 17.6 Å². The smallest absolute Gasteiger partial charge is 0.416 e. The summed E-state index contributed by atoms with van der Waals surface area (Å²) < 4.78 is 50.2. The number of aromatic nitrogens is 1. The monoisotopic (exact) mass is 528 g/mol. The van der Waals surface area contributed by atoms with Gasteiger partial charge in [-0.05, 0) is 42.5 Å². The van der Waals surface area contributed by atoms with Crippen LogP contribution in [0, 0.1) is 0 Å². The minimum absolute atomic E-state index is 0.0959. The van der Waals surface area contributed by atoms with Crippen molar-refractivity contribution in [2.75, 3.05) is 12.1 Å². The second kappa shape index (κ2) is 9.79. The molecule has 0 unspecified atom stereocenters. The van der Waals surface area contributed by atoms with Crippen LogP contribution in [0.4, 0.5) is 19.0 Å². The maximum absolute atomic E-state index is 12.9. The molecule has 10 heteroatoms. The number of alkyl halides is 3. The lowest BCUT2D eigenvalue weighted by molar-refractivity contribution is -0.137. The second-order valence-electron chi connectivity index (χ2n) is 6.26. The largest absolute Gasteiger partial charge is 0.454 e. The van der Waals surface area contributed by atoms with E-state index in [2.05, 4.69) is 26.2 Å². The van der Waals surface area contributed by atoms with Crippen LogP contribution in [0.1, 0.15) is 29.8 Å². The van der Waals surface area contributed by atoms with Crippen LogP contribution >= 0.6 is 27.5 Å². The zero-order valence-electron chi connectivity index (χ0n) is 16.9. The van der Waals surface area contributed by atoms with Crippen molar-refractivity contribution in [2.45, 2.75) is 20.0 Å². The first-order chi connectivity index (χ1) is 15.2. The van der Waals surface area contributed by atoms with E-state index in [1.54, 1.807) is 18.2 Å². The second-order valence-corrected chi connectivity index (χ2v) is 7.53. The molecule has 0 fully saturated rings. The van der Waals surface area contributed by atoms with Crippen molar-refractivity contribution in [1.29, 1.82) is 0 Å². The van der Waals surface area contributed by atoms with E-state index in [1.165, 1.54) is 12.3 Å². The fourth-order valence-corrected chi connectivity index (χ4v) is 3.58. The summed E-state index contributed by atoms with van der Waals surface area (Å²) >= 11 is 9.37. The van der Waals surface area contributed by atoms with E-state index in [4.69, 9.17) is 21.1 Å². The van der Waals surface area contributed by atoms with Crippen LogP contribution in [0.5, 0.6) is 11.5 Å². The highest BCUT2D eigenvalue weighted by Crippen LogP contribution is 2.41. The number of nitrogens with zero attached hydrogens (tertiary/aromatic N) is 1. The summed E-state index contributed by atoms with van der Waals surface area (Å²) in [5.41, 5.74) is 0.268. The SMILES string of the molecule is CC.O=C(Nc1ccc(-c2cc3c(cc2Br)OCO3)cn1)c1cc(C(F)(F)F)ccc1Cl. The van der Waals surface area contributed by atoms with Crippen LogP contribution in [-0.2, 0) is 6.18 Å². The fourth-order valence-electron chi connectivity index (χ4n) is 2.82. The van der Waals surface area contributed by atoms with Crippen molar-refractivity contribution in [2.24, 2.45) is 0 Å². The van der Waals surface area contributed by atoms with Gasteiger partial charge in [0.2, 0.25) is 6.79 Å². The first-order valence-corrected chi connectivity index (χ1v) is 10.6. The Hall–Kier alpha value is -2.78. The van der Waals surface area contributed by atoms with Gasteiger partial charge < -0.3 is 14.8 Å². The molecule has 0 saturated carbocycles. The Morgan fingerprint density at radius 1 is 1.09 bits per heavy atom. The summed E-state index contributed by atoms with van der Waals surface area (Å²) in [5.74, 6) is 0.593. The Morgan fingerprint density at radius 3 is 2.41 bits per heavy atom. The number of fused-ring (bicyclic) bond motifs is 1. The molecule has 0 atom stereocenters. The van der Waals surface area contributed by atoms with Gasteiger partial charge in [0, 0.05) is 21.8 Å². The maximum atomic E-state index is 12.9. The van der Waals surface area contributed by atoms with E-state index in [1.807, 2.05) is 13.8 Å². The molecule has 0 aliphatic carbocycles. The third kappa shape index (κ3) is 5.16. The van der Waals surface area contributed by atoms with Crippen LogP contribution in [0.25, 0.3) is 11.1 Å². The molecule has 2 heterocycles. The number of nitrogens with one attached hydrogen (secondary N) is 1. The topological polar surface area (TPSA) is 60.5 Å². The van der Waals surface area contributed by atoms with Crippen molar-refractivity contribution in [3.8, 4) is 22.6 Å². The molecule has 4 rings (SSSR count). The number of benzene rings is 2. The average Bonchev–Trinajstić information content (AvgIpc) is 3.22. The van der Waals surface area contributed by atoms with Gasteiger partial charge in [-0.2, -0.15) is 13.2 Å². The van der Waals surface area contributed by atoms with Crippen molar-refractivity contribution in [3.05, 3.63) is 69.3 Å². The number of hydrogen-bond donors (Lipinski definition) is 1. The fraction of sp³-hybridized carbons (Fsp3) is 0.182. The first-order valence-electron chi connectivity index (χ1n) is 9.46. The summed E-state index contributed by atoms with van der Waals surface area (Å²) in [7, 11) is 0. The molecule has 1 N–H and O–H groups in total. The van der Waals surface area contributed by atoms with Gasteiger partial charge in [0.25, 0.3) is 5.91 Å². The number of carbonyl (C=O) groups is 1. The van der Waals surface area contributed by atoms with E-state index < -0.39 is 17.6 Å². The van der Waals surface area contributed by atoms with Gasteiger partial charge in [-0.3, -0.25) is 4.79 Å². The predicted octanol–water partition coefficient (Wildman–Crippen LogP) is 7.19. The van der Waals surface area contributed by atoms with Crippen LogP contribution in [0.3, 0.4) is 0 Å². The molecular formula is C22H17BrClF3N2O3. The van der Waals surface area contributed by atoms with Gasteiger partial charge >= 0.3 is 6.18 Å². The van der Waals surface area contributed by atoms with Crippen LogP contribution < -0.4 is 14.8 Å². The van der Waals surface area contributed by atoms with Crippen molar-refractivity contribution < 1.29 is 27.4 Å². The lowest BCUT2D eigenvalue weighted by Crippen LogP contribution is -2.15. The van der Waals surface area contributed by atoms with E-state index in [9.17, 15) is 18.0 Å². The molecule has 5 nitrogen and oxygen atoms in total. The van der Waals surface area contributed by atoms with Crippen molar-refractivity contribution in [3.63, 3.8) is 0 Å². The zero-order valence-corrected chi connectivity index (χ0v) is 19.2. The normalized spacial score (nSPS) is 12.1. The third-order valence-corrected chi connectivity index (χ3v) is 5.30. The van der Waals surface area contributed by atoms with Crippen LogP contribution in [0.15, 0.2) is 53.1 Å². The zero-order chi connectivity index (χ0) is 23.5. The lowest BCUT2D eigenvalue weighted by Gasteiger charge is -2.11. The molecule has 3 aromatic rings. The number of anilines is 1. The summed E-state index contributed by atoms with van der Waals surface area (Å²) in [6.45, 7) is 4.15. The molecule has 1 amide bonds. The molecule has 2 aromatic carbocycles. The number of amides is 1. The summed E-state index contributed by atoms with van der Waals surface area (Å²) in [5, 5.41) is 2.36. The maximum Gasteiger partial charge on any atom is 0.416 e. The molecule has 0 spiro atoms. The van der Waals surface area contributed by atoms with Gasteiger partial charge in [0.05, 0.1) is 16.1 Å². The highest BCUT2D eigenvalue weighted by atomic mass is 79.9. The quantitative estimate of drug-likeness (QED) is 0.390. The van der Waals surface area contributed by atoms with E-state index >= 15 is 0 Å². The highest BCUT2D eigenvalue weighted by Gasteiger charge is 2.31. The van der Waals surface area contributed by atoms with Gasteiger partial charge in [-0.1, -0.05) is 41.4 Å². The van der Waals surface area contributed by atoms with Gasteiger partial charge in [0.15, 0.2) is 11.5 Å². The van der Waals surface area contributed by atoms with Crippen LogP contribution in [0.2, 0.25) is 5.02 Å². The number of hydrogen-bond acceptors (Lipinski definition) is 4. The summed E-state index contributed by atoms with van der Waals surface area (Å²) in [6.07, 6.45) is -3.07. The molecule has 0 saturated heterocycles. The Bertz CT molecular complexity index is 1140. The summed E-state index contributed by atoms with van der Waals surface area (Å²) in [4.78, 5) is 16.6. The Kier molecular flexibility index (Phi) is 7.30. The van der Waals surface area contributed by atoms with Crippen LogP contribution in [-0.4, -0.2) is 17.7 Å². The Labute approximate surface area is 195 Å². The Morgan fingerprint density at radius 2 is 1.78 bits per heavy atom. The minimum atomic E-state index is -4.59. The molecule has 1 aliphatic heterocycles. The molecule has 0 bridgehead atoms. The minimum Gasteiger partial charge on any atom is -0.454 e. The van der Waals surface area contributed by atoms with E-state index in [0.717, 1.165) is 27.7 Å². The highest BCUT2D eigenvalue weighted by molar-refractivity contribution is 9.10. The Balaban J connectivity index is 0.00000141. The van der Waals surface area contributed by atoms with Gasteiger partial charge in [-0.15, -0.1) is 0 Å². The van der Waals surface area contributed by atoms with Gasteiger partial charge in [-0.25, -0.2) is 4.98 Å². The van der Waals surface area contributed by atoms with Gasteiger partial charge in [0.1, 0.15) is 5.82 Å². The number of carbonyl (C=O) groups excluding carboxylic acids is 1. The average molecular weight is 530 g/mol. The molecule has 1 aromatic heterocycles. The summed E-state index contributed by atoms with van der Waals surface area (Å²) in [6, 6.07) is 9.37. The molecular weight excluding hydrogens is 513 g/mol. The molecule has 1 aliphatic rings. The lowest BCUT2D eigenvalue weighted by atomic mass is 10.1. The van der Waals surface area contributed by atoms with Crippen molar-refractivity contribution >= 4 is 39.3 Å². The standard InChI is InChI=1S/C20H11BrClF3N2O3.C2H6/c21-14-7-17-16(29-9-30-17)6-12(14)10-1-4-18(26-8-10)27-19(28)13-5-11(20(23,24)25)2-3-15(13)22;1-2/h1-8H,9H2,(H,26,27,28);1-2H3. The molecule has 0 radical (unpaired) electrons. The third-order valence-electron chi connectivity index (χ3n) is 4.32. The molecule has 32 heavy (non-hydrogen) atoms. The first kappa shape index (κ1) is 23.9. The number of halogens is 5. The molecule has 168 valence electrons. The predicted molar refractivity (Wildman–Crippen MR) is 119 cm³/mol. The number of ether oxygens (including phenoxy) is 2.